The molecule has 100 valence electrons. The Hall–Kier alpha value is -2.55. The van der Waals surface area contributed by atoms with Crippen molar-refractivity contribution in [2.45, 2.75) is 6.42 Å². The number of hydrogen-bond acceptors (Lipinski definition) is 2. The number of carbonyl (C=O) groups excluding carboxylic acids is 1. The molecule has 1 N–H and O–H groups in total. The van der Waals surface area contributed by atoms with E-state index in [0.717, 1.165) is 16.8 Å². The second-order valence-corrected chi connectivity index (χ2v) is 4.68. The van der Waals surface area contributed by atoms with Crippen LogP contribution in [0.5, 0.6) is 0 Å². The van der Waals surface area contributed by atoms with Gasteiger partial charge in [0.1, 0.15) is 0 Å². The van der Waals surface area contributed by atoms with Crippen LogP contribution in [-0.4, -0.2) is 18.1 Å². The van der Waals surface area contributed by atoms with Crippen molar-refractivity contribution >= 4 is 16.7 Å². The van der Waals surface area contributed by atoms with Crippen molar-refractivity contribution in [2.24, 2.45) is 0 Å². The summed E-state index contributed by atoms with van der Waals surface area (Å²) >= 11 is 0. The largest absolute Gasteiger partial charge is 0.469 e. The highest BCUT2D eigenvalue weighted by molar-refractivity contribution is 5.88. The third kappa shape index (κ3) is 2.30. The van der Waals surface area contributed by atoms with Gasteiger partial charge in [-0.2, -0.15) is 0 Å². The molecule has 2 aromatic carbocycles. The molecule has 3 rings (SSSR count). The van der Waals surface area contributed by atoms with Gasteiger partial charge in [0.15, 0.2) is 0 Å². The summed E-state index contributed by atoms with van der Waals surface area (Å²) < 4.78 is 4.73. The first-order valence-electron chi connectivity index (χ1n) is 6.50. The molecule has 3 heteroatoms. The van der Waals surface area contributed by atoms with Crippen LogP contribution in [-0.2, 0) is 16.0 Å². The lowest BCUT2D eigenvalue weighted by Gasteiger charge is -2.05. The van der Waals surface area contributed by atoms with Crippen LogP contribution in [0.3, 0.4) is 0 Å². The van der Waals surface area contributed by atoms with Crippen LogP contribution in [0.4, 0.5) is 0 Å². The number of aromatic nitrogens is 1. The fourth-order valence-corrected chi connectivity index (χ4v) is 2.39. The van der Waals surface area contributed by atoms with Crippen molar-refractivity contribution in [1.82, 2.24) is 4.98 Å². The summed E-state index contributed by atoms with van der Waals surface area (Å²) in [6.07, 6.45) is 2.11. The lowest BCUT2D eigenvalue weighted by Crippen LogP contribution is -2.05. The molecule has 3 nitrogen and oxygen atoms in total. The van der Waals surface area contributed by atoms with E-state index < -0.39 is 0 Å². The van der Waals surface area contributed by atoms with Gasteiger partial charge in [-0.25, -0.2) is 0 Å². The van der Waals surface area contributed by atoms with Gasteiger partial charge in [-0.1, -0.05) is 36.4 Å². The van der Waals surface area contributed by atoms with Crippen LogP contribution in [0, 0.1) is 0 Å². The topological polar surface area (TPSA) is 42.1 Å². The quantitative estimate of drug-likeness (QED) is 0.736. The summed E-state index contributed by atoms with van der Waals surface area (Å²) in [4.78, 5) is 14.5. The van der Waals surface area contributed by atoms with Gasteiger partial charge < -0.3 is 9.72 Å². The zero-order valence-electron chi connectivity index (χ0n) is 11.2. The van der Waals surface area contributed by atoms with Crippen LogP contribution in [0.1, 0.15) is 5.69 Å². The molecule has 0 spiro atoms. The monoisotopic (exact) mass is 265 g/mol. The van der Waals surface area contributed by atoms with E-state index in [4.69, 9.17) is 4.74 Å². The minimum absolute atomic E-state index is 0.241. The molecule has 20 heavy (non-hydrogen) atoms. The average molecular weight is 265 g/mol. The lowest BCUT2D eigenvalue weighted by atomic mass is 10.0. The van der Waals surface area contributed by atoms with Gasteiger partial charge in [-0.15, -0.1) is 0 Å². The van der Waals surface area contributed by atoms with Crippen LogP contribution >= 0.6 is 0 Å². The van der Waals surface area contributed by atoms with Crippen molar-refractivity contribution in [3.8, 4) is 11.1 Å². The number of hydrogen-bond donors (Lipinski definition) is 1. The van der Waals surface area contributed by atoms with E-state index in [9.17, 15) is 4.79 Å². The van der Waals surface area contributed by atoms with Crippen LogP contribution in [0.15, 0.2) is 54.7 Å². The number of rotatable bonds is 3. The maximum Gasteiger partial charge on any atom is 0.311 e. The van der Waals surface area contributed by atoms with Crippen LogP contribution in [0.2, 0.25) is 0 Å². The molecule has 0 atom stereocenters. The molecular formula is C17H15NO2. The number of aromatic amines is 1. The Morgan fingerprint density at radius 1 is 1.10 bits per heavy atom. The zero-order chi connectivity index (χ0) is 13.9. The van der Waals surface area contributed by atoms with Gasteiger partial charge in [-0.05, 0) is 28.5 Å². The van der Waals surface area contributed by atoms with Gasteiger partial charge in [0.05, 0.1) is 13.5 Å². The van der Waals surface area contributed by atoms with Gasteiger partial charge in [0, 0.05) is 17.5 Å². The number of benzene rings is 2. The van der Waals surface area contributed by atoms with E-state index in [1.54, 1.807) is 0 Å². The molecule has 0 unspecified atom stereocenters. The van der Waals surface area contributed by atoms with E-state index in [1.807, 2.05) is 24.4 Å². The fraction of sp³-hybridized carbons (Fsp3) is 0.118. The number of esters is 1. The molecule has 0 saturated carbocycles. The van der Waals surface area contributed by atoms with Gasteiger partial charge in [0.2, 0.25) is 0 Å². The smallest absolute Gasteiger partial charge is 0.311 e. The normalized spacial score (nSPS) is 10.7. The number of H-pyrrole nitrogens is 1. The number of ether oxygens (including phenoxy) is 1. The SMILES string of the molecule is COC(=O)Cc1[nH]ccc1-c1ccc2ccccc2c1. The predicted molar refractivity (Wildman–Crippen MR) is 79.5 cm³/mol. The van der Waals surface area contributed by atoms with E-state index >= 15 is 0 Å². The standard InChI is InChI=1S/C17H15NO2/c1-20-17(19)11-16-15(8-9-18-16)14-7-6-12-4-2-3-5-13(12)10-14/h2-10,18H,11H2,1H3. The molecule has 0 saturated heterocycles. The third-order valence-electron chi connectivity index (χ3n) is 3.44. The fourth-order valence-electron chi connectivity index (χ4n) is 2.39. The Balaban J connectivity index is 2.02. The van der Waals surface area contributed by atoms with E-state index in [2.05, 4.69) is 35.3 Å². The minimum atomic E-state index is -0.241. The first-order chi connectivity index (χ1) is 9.78. The highest BCUT2D eigenvalue weighted by Gasteiger charge is 2.11. The highest BCUT2D eigenvalue weighted by Crippen LogP contribution is 2.27. The van der Waals surface area contributed by atoms with E-state index in [0.29, 0.717) is 0 Å². The van der Waals surface area contributed by atoms with Crippen LogP contribution < -0.4 is 0 Å². The van der Waals surface area contributed by atoms with Crippen molar-refractivity contribution in [2.75, 3.05) is 7.11 Å². The second kappa shape index (κ2) is 5.21. The first kappa shape index (κ1) is 12.5. The van der Waals surface area contributed by atoms with Crippen molar-refractivity contribution in [3.63, 3.8) is 0 Å². The lowest BCUT2D eigenvalue weighted by molar-refractivity contribution is -0.139. The highest BCUT2D eigenvalue weighted by atomic mass is 16.5. The average Bonchev–Trinajstić information content (AvgIpc) is 2.94. The van der Waals surface area contributed by atoms with Gasteiger partial charge >= 0.3 is 5.97 Å². The summed E-state index contributed by atoms with van der Waals surface area (Å²) in [5, 5.41) is 2.40. The zero-order valence-corrected chi connectivity index (χ0v) is 11.2. The Morgan fingerprint density at radius 2 is 1.90 bits per heavy atom. The Bertz CT molecular complexity index is 758. The summed E-state index contributed by atoms with van der Waals surface area (Å²) in [6, 6.07) is 16.5. The number of methoxy groups -OCH3 is 1. The maximum atomic E-state index is 11.4. The first-order valence-corrected chi connectivity index (χ1v) is 6.50. The molecule has 0 amide bonds. The maximum absolute atomic E-state index is 11.4. The summed E-state index contributed by atoms with van der Waals surface area (Å²) in [7, 11) is 1.40. The van der Waals surface area contributed by atoms with Crippen molar-refractivity contribution in [1.29, 1.82) is 0 Å². The molecular weight excluding hydrogens is 250 g/mol. The molecule has 0 fully saturated rings. The summed E-state index contributed by atoms with van der Waals surface area (Å²) in [5.41, 5.74) is 3.03. The van der Waals surface area contributed by atoms with Crippen molar-refractivity contribution in [3.05, 3.63) is 60.4 Å². The Morgan fingerprint density at radius 3 is 2.70 bits per heavy atom. The van der Waals surface area contributed by atoms with Gasteiger partial charge in [-0.3, -0.25) is 4.79 Å². The molecule has 1 heterocycles. The number of carbonyl (C=O) groups is 1. The number of fused-ring (bicyclic) bond motifs is 1. The third-order valence-corrected chi connectivity index (χ3v) is 3.44. The summed E-state index contributed by atoms with van der Waals surface area (Å²) in [6.45, 7) is 0. The molecule has 0 radical (unpaired) electrons. The molecule has 0 aliphatic heterocycles. The predicted octanol–water partition coefficient (Wildman–Crippen LogP) is 3.55. The molecule has 3 aromatic rings. The molecule has 0 aliphatic carbocycles. The molecule has 0 aliphatic rings. The summed E-state index contributed by atoms with van der Waals surface area (Å²) in [5.74, 6) is -0.241. The van der Waals surface area contributed by atoms with Crippen LogP contribution in [0.25, 0.3) is 21.9 Å². The second-order valence-electron chi connectivity index (χ2n) is 4.68. The minimum Gasteiger partial charge on any atom is -0.469 e. The van der Waals surface area contributed by atoms with E-state index in [-0.39, 0.29) is 12.4 Å². The Labute approximate surface area is 117 Å². The molecule has 0 bridgehead atoms. The Kier molecular flexibility index (Phi) is 3.25. The van der Waals surface area contributed by atoms with Crippen molar-refractivity contribution < 1.29 is 9.53 Å². The molecule has 1 aromatic heterocycles. The van der Waals surface area contributed by atoms with E-state index in [1.165, 1.54) is 17.9 Å². The van der Waals surface area contributed by atoms with Gasteiger partial charge in [0.25, 0.3) is 0 Å². The number of nitrogens with one attached hydrogen (secondary N) is 1.